The molecule has 0 amide bonds. The summed E-state index contributed by atoms with van der Waals surface area (Å²) in [5.41, 5.74) is -0.115. The summed E-state index contributed by atoms with van der Waals surface area (Å²) in [6, 6.07) is 0. The lowest BCUT2D eigenvalue weighted by atomic mass is 10.1. The first-order valence-corrected chi connectivity index (χ1v) is 5.61. The summed E-state index contributed by atoms with van der Waals surface area (Å²) < 4.78 is 21.4. The minimum absolute atomic E-state index is 0.115. The maximum Gasteiger partial charge on any atom is 0.104 e. The van der Waals surface area contributed by atoms with Crippen molar-refractivity contribution in [2.75, 3.05) is 33.0 Å². The van der Waals surface area contributed by atoms with Crippen molar-refractivity contribution in [1.82, 2.24) is 0 Å². The predicted molar refractivity (Wildman–Crippen MR) is 54.9 cm³/mol. The Balaban J connectivity index is 1.49. The topological polar surface area (TPSA) is 43.5 Å². The molecule has 2 aliphatic rings. The second kappa shape index (κ2) is 4.78. The highest BCUT2D eigenvalue weighted by Crippen LogP contribution is 2.19. The van der Waals surface area contributed by atoms with Gasteiger partial charge in [-0.3, -0.25) is 0 Å². The summed E-state index contributed by atoms with van der Waals surface area (Å²) in [7, 11) is 0. The van der Waals surface area contributed by atoms with E-state index in [0.29, 0.717) is 18.8 Å². The smallest absolute Gasteiger partial charge is 0.104 e. The molecule has 2 aliphatic heterocycles. The summed E-state index contributed by atoms with van der Waals surface area (Å²) in [6.45, 7) is 8.06. The van der Waals surface area contributed by atoms with E-state index < -0.39 is 0 Å². The van der Waals surface area contributed by atoms with Gasteiger partial charge in [-0.05, 0) is 20.3 Å². The molecule has 0 spiro atoms. The van der Waals surface area contributed by atoms with Crippen LogP contribution in [0, 0.1) is 0 Å². The fourth-order valence-electron chi connectivity index (χ4n) is 1.25. The molecule has 0 radical (unpaired) electrons. The van der Waals surface area contributed by atoms with E-state index in [9.17, 15) is 0 Å². The minimum atomic E-state index is -0.115. The van der Waals surface area contributed by atoms with Crippen LogP contribution >= 0.6 is 0 Å². The molecule has 0 aromatic heterocycles. The maximum absolute atomic E-state index is 5.74. The van der Waals surface area contributed by atoms with Crippen molar-refractivity contribution in [1.29, 1.82) is 0 Å². The molecule has 0 aromatic rings. The molecule has 0 aromatic carbocycles. The monoisotopic (exact) mass is 216 g/mol. The van der Waals surface area contributed by atoms with E-state index >= 15 is 0 Å². The van der Waals surface area contributed by atoms with Crippen molar-refractivity contribution >= 4 is 0 Å². The predicted octanol–water partition coefficient (Wildman–Crippen LogP) is 0.986. The van der Waals surface area contributed by atoms with E-state index in [0.717, 1.165) is 32.8 Å². The van der Waals surface area contributed by atoms with Crippen LogP contribution < -0.4 is 0 Å². The van der Waals surface area contributed by atoms with E-state index in [4.69, 9.17) is 18.9 Å². The zero-order valence-electron chi connectivity index (χ0n) is 9.53. The van der Waals surface area contributed by atoms with Crippen molar-refractivity contribution in [2.45, 2.75) is 38.1 Å². The average Bonchev–Trinajstić information content (AvgIpc) is 3.01. The quantitative estimate of drug-likeness (QED) is 0.448. The highest BCUT2D eigenvalue weighted by Gasteiger charge is 2.27. The first-order chi connectivity index (χ1) is 7.16. The molecule has 2 rings (SSSR count). The fraction of sp³-hybridized carbons (Fsp3) is 1.00. The number of ether oxygens (including phenoxy) is 4. The Morgan fingerprint density at radius 3 is 2.33 bits per heavy atom. The van der Waals surface area contributed by atoms with Crippen LogP contribution in [0.2, 0.25) is 0 Å². The average molecular weight is 216 g/mol. The zero-order chi connectivity index (χ0) is 10.7. The molecule has 2 saturated heterocycles. The highest BCUT2D eigenvalue weighted by atomic mass is 16.6. The van der Waals surface area contributed by atoms with Crippen molar-refractivity contribution in [3.8, 4) is 0 Å². The van der Waals surface area contributed by atoms with Crippen LogP contribution in [0.25, 0.3) is 0 Å². The first-order valence-electron chi connectivity index (χ1n) is 5.61. The van der Waals surface area contributed by atoms with E-state index in [1.165, 1.54) is 0 Å². The van der Waals surface area contributed by atoms with Gasteiger partial charge >= 0.3 is 0 Å². The van der Waals surface area contributed by atoms with Gasteiger partial charge in [-0.25, -0.2) is 0 Å². The first kappa shape index (κ1) is 11.3. The van der Waals surface area contributed by atoms with E-state index in [-0.39, 0.29) is 5.60 Å². The van der Waals surface area contributed by atoms with Gasteiger partial charge in [-0.15, -0.1) is 0 Å². The van der Waals surface area contributed by atoms with Gasteiger partial charge < -0.3 is 18.9 Å². The van der Waals surface area contributed by atoms with E-state index in [2.05, 4.69) is 13.8 Å². The lowest BCUT2D eigenvalue weighted by Gasteiger charge is -2.24. The Hall–Kier alpha value is -0.160. The van der Waals surface area contributed by atoms with Gasteiger partial charge in [0.2, 0.25) is 0 Å². The molecule has 88 valence electrons. The van der Waals surface area contributed by atoms with E-state index in [1.54, 1.807) is 0 Å². The van der Waals surface area contributed by atoms with Crippen LogP contribution in [0.1, 0.15) is 20.3 Å². The Kier molecular flexibility index (Phi) is 3.61. The van der Waals surface area contributed by atoms with Gasteiger partial charge in [0.25, 0.3) is 0 Å². The van der Waals surface area contributed by atoms with Gasteiger partial charge in [0.1, 0.15) is 12.2 Å². The third kappa shape index (κ3) is 4.93. The number of epoxide rings is 2. The normalized spacial score (nSPS) is 29.2. The van der Waals surface area contributed by atoms with Gasteiger partial charge in [0.15, 0.2) is 0 Å². The molecule has 2 atom stereocenters. The highest BCUT2D eigenvalue weighted by molar-refractivity contribution is 4.74. The van der Waals surface area contributed by atoms with Crippen molar-refractivity contribution < 1.29 is 18.9 Å². The third-order valence-corrected chi connectivity index (χ3v) is 2.62. The Labute approximate surface area is 90.8 Å². The van der Waals surface area contributed by atoms with Crippen LogP contribution in [0.3, 0.4) is 0 Å². The van der Waals surface area contributed by atoms with Crippen LogP contribution in [0.4, 0.5) is 0 Å². The molecule has 4 nitrogen and oxygen atoms in total. The summed E-state index contributed by atoms with van der Waals surface area (Å²) in [5.74, 6) is 0. The molecular weight excluding hydrogens is 196 g/mol. The molecular formula is C11H20O4. The Morgan fingerprint density at radius 1 is 1.13 bits per heavy atom. The molecule has 0 aliphatic carbocycles. The molecule has 2 heterocycles. The number of rotatable bonds is 8. The number of hydrogen-bond acceptors (Lipinski definition) is 4. The summed E-state index contributed by atoms with van der Waals surface area (Å²) >= 11 is 0. The molecule has 2 unspecified atom stereocenters. The van der Waals surface area contributed by atoms with Gasteiger partial charge in [0, 0.05) is 6.61 Å². The molecule has 0 saturated carbocycles. The number of hydrogen-bond donors (Lipinski definition) is 0. The molecule has 2 fully saturated rings. The lowest BCUT2D eigenvalue weighted by molar-refractivity contribution is -0.0468. The minimum Gasteiger partial charge on any atom is -0.379 e. The second-order valence-electron chi connectivity index (χ2n) is 4.81. The van der Waals surface area contributed by atoms with Crippen LogP contribution in [-0.2, 0) is 18.9 Å². The molecule has 15 heavy (non-hydrogen) atoms. The third-order valence-electron chi connectivity index (χ3n) is 2.62. The van der Waals surface area contributed by atoms with Crippen molar-refractivity contribution in [2.24, 2.45) is 0 Å². The summed E-state index contributed by atoms with van der Waals surface area (Å²) in [5, 5.41) is 0. The van der Waals surface area contributed by atoms with E-state index in [1.807, 2.05) is 0 Å². The molecule has 0 bridgehead atoms. The van der Waals surface area contributed by atoms with Gasteiger partial charge in [-0.1, -0.05) is 0 Å². The Bertz CT molecular complexity index is 197. The van der Waals surface area contributed by atoms with Gasteiger partial charge in [0.05, 0.1) is 32.0 Å². The SMILES string of the molecule is CC(C)(CCOCC1CO1)OCC1CO1. The van der Waals surface area contributed by atoms with Crippen molar-refractivity contribution in [3.05, 3.63) is 0 Å². The summed E-state index contributed by atoms with van der Waals surface area (Å²) in [6.07, 6.45) is 1.60. The maximum atomic E-state index is 5.74. The lowest BCUT2D eigenvalue weighted by Crippen LogP contribution is -2.28. The van der Waals surface area contributed by atoms with Crippen LogP contribution in [0.15, 0.2) is 0 Å². The van der Waals surface area contributed by atoms with Gasteiger partial charge in [-0.2, -0.15) is 0 Å². The standard InChI is InChI=1S/C11H20O4/c1-11(2,15-8-10-7-14-10)3-4-12-5-9-6-13-9/h9-10H,3-8H2,1-2H3. The van der Waals surface area contributed by atoms with Crippen LogP contribution in [0.5, 0.6) is 0 Å². The zero-order valence-corrected chi connectivity index (χ0v) is 9.53. The largest absolute Gasteiger partial charge is 0.379 e. The molecule has 4 heteroatoms. The van der Waals surface area contributed by atoms with Crippen LogP contribution in [-0.4, -0.2) is 50.8 Å². The second-order valence-corrected chi connectivity index (χ2v) is 4.81. The van der Waals surface area contributed by atoms with Crippen molar-refractivity contribution in [3.63, 3.8) is 0 Å². The Morgan fingerprint density at radius 2 is 1.73 bits per heavy atom. The fourth-order valence-corrected chi connectivity index (χ4v) is 1.25. The molecule has 0 N–H and O–H groups in total. The summed E-state index contributed by atoms with van der Waals surface area (Å²) in [4.78, 5) is 0.